The predicted octanol–water partition coefficient (Wildman–Crippen LogP) is 2.76. The second kappa shape index (κ2) is 5.59. The lowest BCUT2D eigenvalue weighted by molar-refractivity contribution is 0.102. The molecule has 1 heterocycles. The summed E-state index contributed by atoms with van der Waals surface area (Å²) in [6.45, 7) is 2.00. The molecule has 1 aromatic heterocycles. The van der Waals surface area contributed by atoms with Gasteiger partial charge in [-0.15, -0.1) is 0 Å². The smallest absolute Gasteiger partial charge is 0.187 e. The quantitative estimate of drug-likeness (QED) is 0.471. The summed E-state index contributed by atoms with van der Waals surface area (Å²) in [5, 5.41) is 0.632. The first-order valence-corrected chi connectivity index (χ1v) is 6.24. The summed E-state index contributed by atoms with van der Waals surface area (Å²) in [6, 6.07) is 9.34. The molecule has 0 aliphatic carbocycles. The molecule has 1 aromatic carbocycles. The number of benzene rings is 1. The van der Waals surface area contributed by atoms with E-state index >= 15 is 0 Å². The van der Waals surface area contributed by atoms with Crippen molar-refractivity contribution in [3.63, 3.8) is 0 Å². The SMILES string of the molecule is Cc1ccc(C(=O)CSc2ncccn2)cc1. The first kappa shape index (κ1) is 11.8. The highest BCUT2D eigenvalue weighted by Crippen LogP contribution is 2.14. The molecule has 17 heavy (non-hydrogen) atoms. The molecule has 0 bridgehead atoms. The maximum Gasteiger partial charge on any atom is 0.187 e. The van der Waals surface area contributed by atoms with Gasteiger partial charge >= 0.3 is 0 Å². The number of hydrogen-bond donors (Lipinski definition) is 0. The molecular weight excluding hydrogens is 232 g/mol. The Labute approximate surface area is 104 Å². The highest BCUT2D eigenvalue weighted by Gasteiger charge is 2.07. The normalized spacial score (nSPS) is 10.2. The molecule has 0 aliphatic rings. The number of carbonyl (C=O) groups is 1. The molecule has 0 aliphatic heterocycles. The molecule has 0 unspecified atom stereocenters. The van der Waals surface area contributed by atoms with Crippen LogP contribution in [0.15, 0.2) is 47.9 Å². The van der Waals surface area contributed by atoms with Gasteiger partial charge in [-0.3, -0.25) is 4.79 Å². The van der Waals surface area contributed by atoms with Gasteiger partial charge in [-0.1, -0.05) is 41.6 Å². The number of Topliss-reactive ketones (excluding diaryl/α,β-unsaturated/α-hetero) is 1. The van der Waals surface area contributed by atoms with Gasteiger partial charge in [0.25, 0.3) is 0 Å². The summed E-state index contributed by atoms with van der Waals surface area (Å²) in [7, 11) is 0. The number of rotatable bonds is 4. The van der Waals surface area contributed by atoms with Crippen molar-refractivity contribution in [1.29, 1.82) is 0 Å². The molecule has 0 radical (unpaired) electrons. The van der Waals surface area contributed by atoms with E-state index in [9.17, 15) is 4.79 Å². The van der Waals surface area contributed by atoms with Crippen LogP contribution < -0.4 is 0 Å². The van der Waals surface area contributed by atoms with E-state index in [4.69, 9.17) is 0 Å². The van der Waals surface area contributed by atoms with E-state index in [1.807, 2.05) is 31.2 Å². The fourth-order valence-corrected chi connectivity index (χ4v) is 2.01. The lowest BCUT2D eigenvalue weighted by Crippen LogP contribution is -2.02. The molecule has 86 valence electrons. The van der Waals surface area contributed by atoms with Crippen LogP contribution in [0, 0.1) is 6.92 Å². The van der Waals surface area contributed by atoms with Crippen LogP contribution in [-0.2, 0) is 0 Å². The zero-order valence-corrected chi connectivity index (χ0v) is 10.3. The van der Waals surface area contributed by atoms with Gasteiger partial charge in [0.15, 0.2) is 10.9 Å². The third-order valence-electron chi connectivity index (χ3n) is 2.25. The van der Waals surface area contributed by atoms with Gasteiger partial charge < -0.3 is 0 Å². The average molecular weight is 244 g/mol. The lowest BCUT2D eigenvalue weighted by Gasteiger charge is -2.00. The standard InChI is InChI=1S/C13H12N2OS/c1-10-3-5-11(6-4-10)12(16)9-17-13-14-7-2-8-15-13/h2-8H,9H2,1H3. The average Bonchev–Trinajstić information content (AvgIpc) is 2.38. The highest BCUT2D eigenvalue weighted by molar-refractivity contribution is 7.99. The third kappa shape index (κ3) is 3.39. The third-order valence-corrected chi connectivity index (χ3v) is 3.12. The van der Waals surface area contributed by atoms with E-state index in [2.05, 4.69) is 9.97 Å². The van der Waals surface area contributed by atoms with Crippen LogP contribution in [0.3, 0.4) is 0 Å². The van der Waals surface area contributed by atoms with E-state index in [0.29, 0.717) is 10.9 Å². The van der Waals surface area contributed by atoms with Gasteiger partial charge in [0, 0.05) is 18.0 Å². The summed E-state index contributed by atoms with van der Waals surface area (Å²) in [5.74, 6) is 0.468. The molecule has 2 rings (SSSR count). The summed E-state index contributed by atoms with van der Waals surface area (Å²) in [5.41, 5.74) is 1.89. The van der Waals surface area contributed by atoms with Gasteiger partial charge in [-0.25, -0.2) is 9.97 Å². The lowest BCUT2D eigenvalue weighted by atomic mass is 10.1. The molecule has 0 saturated carbocycles. The van der Waals surface area contributed by atoms with E-state index in [1.165, 1.54) is 11.8 Å². The fraction of sp³-hybridized carbons (Fsp3) is 0.154. The largest absolute Gasteiger partial charge is 0.293 e. The van der Waals surface area contributed by atoms with Crippen LogP contribution in [0.4, 0.5) is 0 Å². The monoisotopic (exact) mass is 244 g/mol. The minimum atomic E-state index is 0.0995. The summed E-state index contributed by atoms with van der Waals surface area (Å²) >= 11 is 1.36. The van der Waals surface area contributed by atoms with Gasteiger partial charge in [0.2, 0.25) is 0 Å². The molecule has 3 nitrogen and oxygen atoms in total. The number of thioether (sulfide) groups is 1. The van der Waals surface area contributed by atoms with Crippen LogP contribution in [0.2, 0.25) is 0 Å². The zero-order valence-electron chi connectivity index (χ0n) is 9.46. The predicted molar refractivity (Wildman–Crippen MR) is 68.3 cm³/mol. The Kier molecular flexibility index (Phi) is 3.88. The molecule has 0 spiro atoms. The molecule has 4 heteroatoms. The van der Waals surface area contributed by atoms with E-state index in [-0.39, 0.29) is 5.78 Å². The van der Waals surface area contributed by atoms with E-state index in [1.54, 1.807) is 18.5 Å². The van der Waals surface area contributed by atoms with Crippen molar-refractivity contribution < 1.29 is 4.79 Å². The number of ketones is 1. The van der Waals surface area contributed by atoms with Crippen molar-refractivity contribution in [2.45, 2.75) is 12.1 Å². The van der Waals surface area contributed by atoms with Crippen molar-refractivity contribution in [3.8, 4) is 0 Å². The number of carbonyl (C=O) groups excluding carboxylic acids is 1. The van der Waals surface area contributed by atoms with Gasteiger partial charge in [0.1, 0.15) is 0 Å². The van der Waals surface area contributed by atoms with Gasteiger partial charge in [-0.2, -0.15) is 0 Å². The number of aromatic nitrogens is 2. The van der Waals surface area contributed by atoms with Crippen molar-refractivity contribution in [2.24, 2.45) is 0 Å². The van der Waals surface area contributed by atoms with Crippen molar-refractivity contribution in [2.75, 3.05) is 5.75 Å². The summed E-state index contributed by atoms with van der Waals surface area (Å²) in [6.07, 6.45) is 3.34. The van der Waals surface area contributed by atoms with Crippen LogP contribution in [0.5, 0.6) is 0 Å². The first-order valence-electron chi connectivity index (χ1n) is 5.25. The van der Waals surface area contributed by atoms with Crippen LogP contribution >= 0.6 is 11.8 Å². The summed E-state index contributed by atoms with van der Waals surface area (Å²) in [4.78, 5) is 20.0. The minimum absolute atomic E-state index is 0.0995. The Bertz CT molecular complexity index is 497. The Morgan fingerprint density at radius 3 is 2.47 bits per heavy atom. The van der Waals surface area contributed by atoms with Crippen LogP contribution in [0.1, 0.15) is 15.9 Å². The van der Waals surface area contributed by atoms with Gasteiger partial charge in [0.05, 0.1) is 5.75 Å². The van der Waals surface area contributed by atoms with Gasteiger partial charge in [-0.05, 0) is 13.0 Å². The van der Waals surface area contributed by atoms with Crippen LogP contribution in [-0.4, -0.2) is 21.5 Å². The van der Waals surface area contributed by atoms with Crippen molar-refractivity contribution in [3.05, 3.63) is 53.9 Å². The Morgan fingerprint density at radius 2 is 1.82 bits per heavy atom. The fourth-order valence-electron chi connectivity index (χ4n) is 1.31. The molecule has 0 atom stereocenters. The Morgan fingerprint density at radius 1 is 1.18 bits per heavy atom. The highest BCUT2D eigenvalue weighted by atomic mass is 32.2. The maximum atomic E-state index is 11.9. The minimum Gasteiger partial charge on any atom is -0.293 e. The van der Waals surface area contributed by atoms with E-state index in [0.717, 1.165) is 11.1 Å². The second-order valence-corrected chi connectivity index (χ2v) is 4.55. The Hall–Kier alpha value is -1.68. The number of aryl methyl sites for hydroxylation is 1. The zero-order chi connectivity index (χ0) is 12.1. The Balaban J connectivity index is 1.96. The summed E-state index contributed by atoms with van der Waals surface area (Å²) < 4.78 is 0. The molecule has 0 amide bonds. The first-order chi connectivity index (χ1) is 8.25. The molecule has 0 N–H and O–H groups in total. The molecular formula is C13H12N2OS. The molecule has 0 saturated heterocycles. The maximum absolute atomic E-state index is 11.9. The topological polar surface area (TPSA) is 42.9 Å². The number of nitrogens with zero attached hydrogens (tertiary/aromatic N) is 2. The number of hydrogen-bond acceptors (Lipinski definition) is 4. The van der Waals surface area contributed by atoms with Crippen molar-refractivity contribution in [1.82, 2.24) is 9.97 Å². The second-order valence-electron chi connectivity index (χ2n) is 3.61. The van der Waals surface area contributed by atoms with E-state index < -0.39 is 0 Å². The molecule has 2 aromatic rings. The van der Waals surface area contributed by atoms with Crippen molar-refractivity contribution >= 4 is 17.5 Å². The van der Waals surface area contributed by atoms with Crippen LogP contribution in [0.25, 0.3) is 0 Å². The molecule has 0 fully saturated rings.